The highest BCUT2D eigenvalue weighted by Gasteiger charge is 2.20. The van der Waals surface area contributed by atoms with E-state index in [0.717, 1.165) is 30.8 Å². The van der Waals surface area contributed by atoms with Gasteiger partial charge < -0.3 is 10.1 Å². The molecule has 2 aromatic heterocycles. The van der Waals surface area contributed by atoms with E-state index in [2.05, 4.69) is 22.3 Å². The number of nitrogens with zero attached hydrogens (tertiary/aromatic N) is 3. The first-order chi connectivity index (χ1) is 8.72. The standard InChI is InChI=1S/C13H18N4O/c1-9-4-3-5-12-15-13(16-17(9)12)14-11-6-7-18-10(2)8-11/h3-5,10-11H,6-8H2,1-2H3,(H,14,16). The van der Waals surface area contributed by atoms with Crippen molar-refractivity contribution in [1.82, 2.24) is 14.6 Å². The van der Waals surface area contributed by atoms with Crippen molar-refractivity contribution in [2.75, 3.05) is 11.9 Å². The van der Waals surface area contributed by atoms with Gasteiger partial charge in [0.05, 0.1) is 6.10 Å². The number of pyridine rings is 1. The highest BCUT2D eigenvalue weighted by Crippen LogP contribution is 2.17. The molecule has 2 unspecified atom stereocenters. The topological polar surface area (TPSA) is 51.5 Å². The summed E-state index contributed by atoms with van der Waals surface area (Å²) in [7, 11) is 0. The molecule has 0 amide bonds. The van der Waals surface area contributed by atoms with E-state index < -0.39 is 0 Å². The molecule has 0 aliphatic carbocycles. The molecule has 1 saturated heterocycles. The quantitative estimate of drug-likeness (QED) is 0.880. The summed E-state index contributed by atoms with van der Waals surface area (Å²) in [6, 6.07) is 6.41. The number of aryl methyl sites for hydroxylation is 1. The van der Waals surface area contributed by atoms with Crippen molar-refractivity contribution in [2.45, 2.75) is 38.8 Å². The molecule has 0 spiro atoms. The molecule has 1 N–H and O–H groups in total. The summed E-state index contributed by atoms with van der Waals surface area (Å²) in [5.74, 6) is 0.711. The molecular formula is C13H18N4O. The largest absolute Gasteiger partial charge is 0.378 e. The Balaban J connectivity index is 1.80. The molecule has 5 heteroatoms. The Morgan fingerprint density at radius 1 is 1.44 bits per heavy atom. The van der Waals surface area contributed by atoms with Crippen LogP contribution < -0.4 is 5.32 Å². The van der Waals surface area contributed by atoms with Crippen molar-refractivity contribution >= 4 is 11.6 Å². The van der Waals surface area contributed by atoms with Crippen molar-refractivity contribution in [1.29, 1.82) is 0 Å². The molecule has 96 valence electrons. The third-order valence-corrected chi connectivity index (χ3v) is 3.37. The van der Waals surface area contributed by atoms with Gasteiger partial charge in [0, 0.05) is 18.3 Å². The second-order valence-electron chi connectivity index (χ2n) is 4.92. The van der Waals surface area contributed by atoms with E-state index in [4.69, 9.17) is 4.74 Å². The van der Waals surface area contributed by atoms with Gasteiger partial charge in [0.25, 0.3) is 0 Å². The molecule has 2 aromatic rings. The van der Waals surface area contributed by atoms with Gasteiger partial charge in [-0.15, -0.1) is 5.10 Å². The van der Waals surface area contributed by atoms with E-state index in [0.29, 0.717) is 18.1 Å². The number of hydrogen-bond donors (Lipinski definition) is 1. The number of anilines is 1. The molecule has 3 heterocycles. The van der Waals surface area contributed by atoms with E-state index in [1.807, 2.05) is 29.6 Å². The third-order valence-electron chi connectivity index (χ3n) is 3.37. The zero-order valence-electron chi connectivity index (χ0n) is 10.8. The predicted molar refractivity (Wildman–Crippen MR) is 69.8 cm³/mol. The minimum Gasteiger partial charge on any atom is -0.378 e. The number of rotatable bonds is 2. The van der Waals surface area contributed by atoms with Gasteiger partial charge in [-0.1, -0.05) is 6.07 Å². The summed E-state index contributed by atoms with van der Waals surface area (Å²) in [4.78, 5) is 4.49. The van der Waals surface area contributed by atoms with Crippen LogP contribution in [-0.4, -0.2) is 33.4 Å². The predicted octanol–water partition coefficient (Wildman–Crippen LogP) is 2.02. The molecule has 0 saturated carbocycles. The van der Waals surface area contributed by atoms with Crippen molar-refractivity contribution < 1.29 is 4.74 Å². The summed E-state index contributed by atoms with van der Waals surface area (Å²) in [5.41, 5.74) is 1.98. The van der Waals surface area contributed by atoms with Gasteiger partial charge in [0.2, 0.25) is 5.95 Å². The fourth-order valence-corrected chi connectivity index (χ4v) is 2.41. The first-order valence-corrected chi connectivity index (χ1v) is 6.43. The van der Waals surface area contributed by atoms with Crippen LogP contribution in [0.4, 0.5) is 5.95 Å². The first-order valence-electron chi connectivity index (χ1n) is 6.43. The lowest BCUT2D eigenvalue weighted by Crippen LogP contribution is -2.32. The van der Waals surface area contributed by atoms with Gasteiger partial charge in [-0.25, -0.2) is 4.52 Å². The molecule has 0 radical (unpaired) electrons. The Labute approximate surface area is 106 Å². The Morgan fingerprint density at radius 2 is 2.33 bits per heavy atom. The maximum atomic E-state index is 5.54. The Hall–Kier alpha value is -1.62. The van der Waals surface area contributed by atoms with Gasteiger partial charge in [0.15, 0.2) is 5.65 Å². The van der Waals surface area contributed by atoms with Crippen LogP contribution in [0.2, 0.25) is 0 Å². The van der Waals surface area contributed by atoms with E-state index >= 15 is 0 Å². The number of nitrogens with one attached hydrogen (secondary N) is 1. The van der Waals surface area contributed by atoms with Crippen LogP contribution >= 0.6 is 0 Å². The Bertz CT molecular complexity index is 551. The van der Waals surface area contributed by atoms with Crippen LogP contribution in [0.1, 0.15) is 25.5 Å². The lowest BCUT2D eigenvalue weighted by Gasteiger charge is -2.27. The number of ether oxygens (including phenoxy) is 1. The molecule has 1 fully saturated rings. The van der Waals surface area contributed by atoms with E-state index in [1.54, 1.807) is 0 Å². The minimum atomic E-state index is 0.315. The maximum absolute atomic E-state index is 5.54. The van der Waals surface area contributed by atoms with Crippen molar-refractivity contribution in [3.05, 3.63) is 23.9 Å². The maximum Gasteiger partial charge on any atom is 0.243 e. The van der Waals surface area contributed by atoms with Gasteiger partial charge in [-0.2, -0.15) is 4.98 Å². The van der Waals surface area contributed by atoms with Crippen molar-refractivity contribution in [3.63, 3.8) is 0 Å². The summed E-state index contributed by atoms with van der Waals surface area (Å²) in [5, 5.41) is 7.89. The van der Waals surface area contributed by atoms with Gasteiger partial charge in [-0.05, 0) is 38.8 Å². The van der Waals surface area contributed by atoms with Crippen LogP contribution in [0.25, 0.3) is 5.65 Å². The average molecular weight is 246 g/mol. The zero-order valence-corrected chi connectivity index (χ0v) is 10.8. The summed E-state index contributed by atoms with van der Waals surface area (Å²) >= 11 is 0. The molecule has 0 aromatic carbocycles. The zero-order chi connectivity index (χ0) is 12.5. The fourth-order valence-electron chi connectivity index (χ4n) is 2.41. The van der Waals surface area contributed by atoms with Crippen LogP contribution in [0, 0.1) is 6.92 Å². The lowest BCUT2D eigenvalue weighted by molar-refractivity contribution is 0.0231. The Morgan fingerprint density at radius 3 is 3.11 bits per heavy atom. The highest BCUT2D eigenvalue weighted by atomic mass is 16.5. The molecule has 1 aliphatic rings. The van der Waals surface area contributed by atoms with Gasteiger partial charge >= 0.3 is 0 Å². The fraction of sp³-hybridized carbons (Fsp3) is 0.538. The van der Waals surface area contributed by atoms with Gasteiger partial charge in [-0.3, -0.25) is 0 Å². The van der Waals surface area contributed by atoms with Crippen molar-refractivity contribution in [3.8, 4) is 0 Å². The molecule has 18 heavy (non-hydrogen) atoms. The second kappa shape index (κ2) is 4.57. The monoisotopic (exact) mass is 246 g/mol. The SMILES string of the molecule is Cc1cccc2nc(NC3CCOC(C)C3)nn12. The molecule has 1 aliphatic heterocycles. The van der Waals surface area contributed by atoms with Gasteiger partial charge in [0.1, 0.15) is 0 Å². The summed E-state index contributed by atoms with van der Waals surface area (Å²) < 4.78 is 7.40. The molecule has 2 atom stereocenters. The number of fused-ring (bicyclic) bond motifs is 1. The second-order valence-corrected chi connectivity index (χ2v) is 4.92. The normalized spacial score (nSPS) is 24.3. The number of hydrogen-bond acceptors (Lipinski definition) is 4. The summed E-state index contributed by atoms with van der Waals surface area (Å²) in [6.45, 7) is 4.95. The van der Waals surface area contributed by atoms with E-state index in [9.17, 15) is 0 Å². The Kier molecular flexibility index (Phi) is 2.91. The average Bonchev–Trinajstić information content (AvgIpc) is 2.73. The third kappa shape index (κ3) is 2.18. The molecule has 0 bridgehead atoms. The minimum absolute atomic E-state index is 0.315. The number of aromatic nitrogens is 3. The molecule has 3 rings (SSSR count). The van der Waals surface area contributed by atoms with Crippen LogP contribution in [0.5, 0.6) is 0 Å². The van der Waals surface area contributed by atoms with Crippen LogP contribution in [0.3, 0.4) is 0 Å². The highest BCUT2D eigenvalue weighted by molar-refractivity contribution is 5.44. The van der Waals surface area contributed by atoms with E-state index in [-0.39, 0.29) is 0 Å². The van der Waals surface area contributed by atoms with Crippen LogP contribution in [0.15, 0.2) is 18.2 Å². The van der Waals surface area contributed by atoms with Crippen molar-refractivity contribution in [2.24, 2.45) is 0 Å². The summed E-state index contributed by atoms with van der Waals surface area (Å²) in [6.07, 6.45) is 2.34. The molecular weight excluding hydrogens is 228 g/mol. The molecule has 5 nitrogen and oxygen atoms in total. The van der Waals surface area contributed by atoms with E-state index in [1.165, 1.54) is 0 Å². The smallest absolute Gasteiger partial charge is 0.243 e. The lowest BCUT2D eigenvalue weighted by atomic mass is 10.0. The first kappa shape index (κ1) is 11.5. The van der Waals surface area contributed by atoms with Crippen LogP contribution in [-0.2, 0) is 4.74 Å².